The molecule has 1 aromatic carbocycles. The van der Waals surface area contributed by atoms with Gasteiger partial charge in [-0.05, 0) is 18.6 Å². The minimum atomic E-state index is -1.14. The van der Waals surface area contributed by atoms with Crippen molar-refractivity contribution in [1.82, 2.24) is 4.98 Å². The third-order valence-electron chi connectivity index (χ3n) is 3.11. The molecule has 2 atom stereocenters. The van der Waals surface area contributed by atoms with E-state index in [0.717, 1.165) is 16.5 Å². The van der Waals surface area contributed by atoms with Crippen molar-refractivity contribution in [2.75, 3.05) is 6.61 Å². The maximum absolute atomic E-state index is 11.5. The molecule has 2 aromatic rings. The summed E-state index contributed by atoms with van der Waals surface area (Å²) in [5.41, 5.74) is 1.92. The molecule has 2 N–H and O–H groups in total. The van der Waals surface area contributed by atoms with Gasteiger partial charge in [-0.2, -0.15) is 0 Å². The van der Waals surface area contributed by atoms with Gasteiger partial charge in [0, 0.05) is 23.0 Å². The topological polar surface area (TPSA) is 62.3 Å². The highest BCUT2D eigenvalue weighted by molar-refractivity contribution is 5.85. The number of hydrogen-bond donors (Lipinski definition) is 2. The third-order valence-corrected chi connectivity index (χ3v) is 3.11. The Hall–Kier alpha value is -1.81. The molecule has 1 aromatic heterocycles. The van der Waals surface area contributed by atoms with E-state index in [1.165, 1.54) is 0 Å². The van der Waals surface area contributed by atoms with Crippen molar-refractivity contribution in [2.24, 2.45) is 0 Å². The second kappa shape index (κ2) is 5.23. The van der Waals surface area contributed by atoms with Crippen LogP contribution < -0.4 is 0 Å². The van der Waals surface area contributed by atoms with Crippen LogP contribution in [-0.2, 0) is 9.53 Å². The number of para-hydroxylation sites is 1. The van der Waals surface area contributed by atoms with Crippen LogP contribution in [0, 0.1) is 0 Å². The van der Waals surface area contributed by atoms with Crippen molar-refractivity contribution in [3.05, 3.63) is 36.0 Å². The fraction of sp³-hybridized carbons (Fsp3) is 0.357. The van der Waals surface area contributed by atoms with Crippen LogP contribution in [0.4, 0.5) is 0 Å². The molecule has 0 aliphatic carbocycles. The van der Waals surface area contributed by atoms with Gasteiger partial charge in [0.15, 0.2) is 6.10 Å². The lowest BCUT2D eigenvalue weighted by molar-refractivity contribution is -0.154. The standard InChI is InChI=1S/C14H17NO3/c1-3-18-14(17)13(16)9(2)11-8-15-12-7-5-4-6-10(11)12/h4-9,13,15-16H,3H2,1-2H3/t9-,13-/m0/s1. The monoisotopic (exact) mass is 247 g/mol. The van der Waals surface area contributed by atoms with Gasteiger partial charge in [0.05, 0.1) is 6.61 Å². The number of carbonyl (C=O) groups excluding carboxylic acids is 1. The first kappa shape index (κ1) is 12.6. The van der Waals surface area contributed by atoms with Crippen molar-refractivity contribution in [3.63, 3.8) is 0 Å². The summed E-state index contributed by atoms with van der Waals surface area (Å²) >= 11 is 0. The number of aromatic nitrogens is 1. The highest BCUT2D eigenvalue weighted by Gasteiger charge is 2.26. The first-order valence-electron chi connectivity index (χ1n) is 6.05. The van der Waals surface area contributed by atoms with Crippen LogP contribution in [0.5, 0.6) is 0 Å². The SMILES string of the molecule is CCOC(=O)[C@@H](O)[C@@H](C)c1c[nH]c2ccccc12. The molecule has 0 saturated carbocycles. The molecule has 2 rings (SSSR count). The lowest BCUT2D eigenvalue weighted by Gasteiger charge is -2.16. The summed E-state index contributed by atoms with van der Waals surface area (Å²) < 4.78 is 4.84. The number of aliphatic hydroxyl groups is 1. The summed E-state index contributed by atoms with van der Waals surface area (Å²) in [7, 11) is 0. The first-order chi connectivity index (χ1) is 8.65. The number of rotatable bonds is 4. The fourth-order valence-corrected chi connectivity index (χ4v) is 2.07. The molecule has 1 heterocycles. The zero-order valence-corrected chi connectivity index (χ0v) is 10.5. The molecular formula is C14H17NO3. The molecule has 0 radical (unpaired) electrons. The number of ether oxygens (including phenoxy) is 1. The predicted octanol–water partition coefficient (Wildman–Crippen LogP) is 2.20. The molecule has 0 saturated heterocycles. The zero-order valence-electron chi connectivity index (χ0n) is 10.5. The maximum Gasteiger partial charge on any atom is 0.335 e. The van der Waals surface area contributed by atoms with Crippen LogP contribution in [0.25, 0.3) is 10.9 Å². The Morgan fingerprint density at radius 3 is 2.89 bits per heavy atom. The van der Waals surface area contributed by atoms with Gasteiger partial charge in [-0.25, -0.2) is 4.79 Å². The Bertz CT molecular complexity index is 547. The van der Waals surface area contributed by atoms with Gasteiger partial charge in [0.25, 0.3) is 0 Å². The van der Waals surface area contributed by atoms with Crippen LogP contribution in [0.2, 0.25) is 0 Å². The van der Waals surface area contributed by atoms with Crippen molar-refractivity contribution in [1.29, 1.82) is 0 Å². The number of benzene rings is 1. The van der Waals surface area contributed by atoms with E-state index in [-0.39, 0.29) is 12.5 Å². The average Bonchev–Trinajstić information content (AvgIpc) is 2.81. The molecule has 0 amide bonds. The van der Waals surface area contributed by atoms with Crippen molar-refractivity contribution in [3.8, 4) is 0 Å². The first-order valence-corrected chi connectivity index (χ1v) is 6.05. The van der Waals surface area contributed by atoms with Gasteiger partial charge in [0.2, 0.25) is 0 Å². The van der Waals surface area contributed by atoms with E-state index in [4.69, 9.17) is 4.74 Å². The summed E-state index contributed by atoms with van der Waals surface area (Å²) in [6.07, 6.45) is 0.696. The van der Waals surface area contributed by atoms with E-state index < -0.39 is 12.1 Å². The summed E-state index contributed by atoms with van der Waals surface area (Å²) in [5.74, 6) is -0.879. The van der Waals surface area contributed by atoms with E-state index in [2.05, 4.69) is 4.98 Å². The van der Waals surface area contributed by atoms with Gasteiger partial charge in [-0.1, -0.05) is 25.1 Å². The van der Waals surface area contributed by atoms with Gasteiger partial charge >= 0.3 is 5.97 Å². The Morgan fingerprint density at radius 1 is 1.44 bits per heavy atom. The minimum absolute atomic E-state index is 0.274. The number of fused-ring (bicyclic) bond motifs is 1. The second-order valence-electron chi connectivity index (χ2n) is 4.28. The van der Waals surface area contributed by atoms with Crippen LogP contribution in [-0.4, -0.2) is 28.8 Å². The number of carbonyl (C=O) groups is 1. The van der Waals surface area contributed by atoms with E-state index >= 15 is 0 Å². The summed E-state index contributed by atoms with van der Waals surface area (Å²) in [6, 6.07) is 7.80. The highest BCUT2D eigenvalue weighted by atomic mass is 16.5. The number of aromatic amines is 1. The fourth-order valence-electron chi connectivity index (χ4n) is 2.07. The van der Waals surface area contributed by atoms with Crippen molar-refractivity contribution in [2.45, 2.75) is 25.9 Å². The molecule has 0 aliphatic rings. The Labute approximate surface area is 106 Å². The van der Waals surface area contributed by atoms with E-state index in [9.17, 15) is 9.90 Å². The molecule has 18 heavy (non-hydrogen) atoms. The second-order valence-corrected chi connectivity index (χ2v) is 4.28. The molecule has 0 aliphatic heterocycles. The number of esters is 1. The number of hydrogen-bond acceptors (Lipinski definition) is 3. The lowest BCUT2D eigenvalue weighted by Crippen LogP contribution is -2.28. The van der Waals surface area contributed by atoms with Crippen LogP contribution in [0.15, 0.2) is 30.5 Å². The summed E-state index contributed by atoms with van der Waals surface area (Å²) in [4.78, 5) is 14.7. The smallest absolute Gasteiger partial charge is 0.335 e. The predicted molar refractivity (Wildman–Crippen MR) is 69.4 cm³/mol. The van der Waals surface area contributed by atoms with Crippen molar-refractivity contribution >= 4 is 16.9 Å². The van der Waals surface area contributed by atoms with Crippen LogP contribution in [0.1, 0.15) is 25.3 Å². The van der Waals surface area contributed by atoms with Gasteiger partial charge < -0.3 is 14.8 Å². The van der Waals surface area contributed by atoms with Crippen molar-refractivity contribution < 1.29 is 14.6 Å². The van der Waals surface area contributed by atoms with Gasteiger partial charge in [-0.3, -0.25) is 0 Å². The van der Waals surface area contributed by atoms with Gasteiger partial charge in [0.1, 0.15) is 0 Å². The Balaban J connectivity index is 2.28. The summed E-state index contributed by atoms with van der Waals surface area (Å²) in [6.45, 7) is 3.81. The number of nitrogens with one attached hydrogen (secondary N) is 1. The molecule has 0 unspecified atom stereocenters. The van der Waals surface area contributed by atoms with E-state index in [0.29, 0.717) is 0 Å². The van der Waals surface area contributed by atoms with Crippen LogP contribution in [0.3, 0.4) is 0 Å². The zero-order chi connectivity index (χ0) is 13.1. The van der Waals surface area contributed by atoms with Crippen LogP contribution >= 0.6 is 0 Å². The Kier molecular flexibility index (Phi) is 3.67. The Morgan fingerprint density at radius 2 is 2.17 bits per heavy atom. The third kappa shape index (κ3) is 2.24. The maximum atomic E-state index is 11.5. The molecule has 0 bridgehead atoms. The largest absolute Gasteiger partial charge is 0.464 e. The van der Waals surface area contributed by atoms with E-state index in [1.54, 1.807) is 6.92 Å². The quantitative estimate of drug-likeness (QED) is 0.814. The highest BCUT2D eigenvalue weighted by Crippen LogP contribution is 2.27. The molecule has 0 spiro atoms. The van der Waals surface area contributed by atoms with E-state index in [1.807, 2.05) is 37.4 Å². The molecule has 4 heteroatoms. The number of aliphatic hydroxyl groups excluding tert-OH is 1. The molecule has 96 valence electrons. The molecule has 4 nitrogen and oxygen atoms in total. The minimum Gasteiger partial charge on any atom is -0.464 e. The van der Waals surface area contributed by atoms with Gasteiger partial charge in [-0.15, -0.1) is 0 Å². The normalized spacial score (nSPS) is 14.4. The lowest BCUT2D eigenvalue weighted by atomic mass is 9.95. The molecular weight excluding hydrogens is 230 g/mol. The number of H-pyrrole nitrogens is 1. The summed E-state index contributed by atoms with van der Waals surface area (Å²) in [5, 5.41) is 11.0. The average molecular weight is 247 g/mol. The molecule has 0 fully saturated rings.